The van der Waals surface area contributed by atoms with Crippen molar-refractivity contribution in [2.45, 2.75) is 12.5 Å². The molecular formula is C21H20N2OS. The Morgan fingerprint density at radius 3 is 2.80 bits per heavy atom. The summed E-state index contributed by atoms with van der Waals surface area (Å²) in [6, 6.07) is 20.2. The first-order valence-corrected chi connectivity index (χ1v) is 9.27. The minimum absolute atomic E-state index is 0.299. The molecule has 0 amide bonds. The van der Waals surface area contributed by atoms with E-state index in [0.717, 1.165) is 18.7 Å². The van der Waals surface area contributed by atoms with Gasteiger partial charge in [-0.2, -0.15) is 0 Å². The van der Waals surface area contributed by atoms with Crippen molar-refractivity contribution in [3.05, 3.63) is 88.2 Å². The maximum atomic E-state index is 9.61. The van der Waals surface area contributed by atoms with Crippen LogP contribution in [0, 0.1) is 0 Å². The zero-order chi connectivity index (χ0) is 17.1. The van der Waals surface area contributed by atoms with Crippen LogP contribution in [0.2, 0.25) is 0 Å². The summed E-state index contributed by atoms with van der Waals surface area (Å²) in [5.41, 5.74) is 3.58. The van der Waals surface area contributed by atoms with Crippen molar-refractivity contribution >= 4 is 22.2 Å². The van der Waals surface area contributed by atoms with E-state index in [-0.39, 0.29) is 0 Å². The van der Waals surface area contributed by atoms with Crippen molar-refractivity contribution in [3.63, 3.8) is 0 Å². The minimum atomic E-state index is 0.299. The van der Waals surface area contributed by atoms with Gasteiger partial charge in [0.15, 0.2) is 0 Å². The predicted molar refractivity (Wildman–Crippen MR) is 104 cm³/mol. The van der Waals surface area contributed by atoms with Crippen LogP contribution < -0.4 is 5.32 Å². The molecule has 25 heavy (non-hydrogen) atoms. The summed E-state index contributed by atoms with van der Waals surface area (Å²) in [6.45, 7) is 1.58. The second kappa shape index (κ2) is 7.13. The molecule has 0 saturated heterocycles. The number of H-pyrrole nitrogens is 1. The lowest BCUT2D eigenvalue weighted by atomic mass is 9.96. The van der Waals surface area contributed by atoms with Crippen molar-refractivity contribution in [2.24, 2.45) is 0 Å². The number of nitrogens with one attached hydrogen (secondary N) is 2. The highest BCUT2D eigenvalue weighted by Gasteiger charge is 2.18. The number of aromatic nitrogens is 1. The Hall–Kier alpha value is -2.56. The first kappa shape index (κ1) is 15.9. The summed E-state index contributed by atoms with van der Waals surface area (Å²) in [4.78, 5) is 4.74. The van der Waals surface area contributed by atoms with Crippen LogP contribution in [0.4, 0.5) is 0 Å². The molecule has 2 aromatic heterocycles. The van der Waals surface area contributed by atoms with E-state index in [9.17, 15) is 5.11 Å². The van der Waals surface area contributed by atoms with Gasteiger partial charge >= 0.3 is 0 Å². The molecule has 0 bridgehead atoms. The molecule has 126 valence electrons. The van der Waals surface area contributed by atoms with E-state index in [2.05, 4.69) is 58.3 Å². The van der Waals surface area contributed by atoms with Crippen molar-refractivity contribution in [1.29, 1.82) is 0 Å². The van der Waals surface area contributed by atoms with Gasteiger partial charge in [-0.3, -0.25) is 0 Å². The van der Waals surface area contributed by atoms with Gasteiger partial charge < -0.3 is 15.4 Å². The number of phenolic OH excluding ortho intramolecular Hbond substituents is 1. The van der Waals surface area contributed by atoms with Gasteiger partial charge in [0.05, 0.1) is 0 Å². The molecule has 2 aromatic carbocycles. The molecule has 2 heterocycles. The number of rotatable bonds is 6. The summed E-state index contributed by atoms with van der Waals surface area (Å²) < 4.78 is 0. The van der Waals surface area contributed by atoms with Gasteiger partial charge in [-0.25, -0.2) is 0 Å². The number of hydrogen-bond donors (Lipinski definition) is 3. The molecular weight excluding hydrogens is 328 g/mol. The van der Waals surface area contributed by atoms with Crippen molar-refractivity contribution in [1.82, 2.24) is 10.3 Å². The van der Waals surface area contributed by atoms with Gasteiger partial charge in [-0.05, 0) is 40.8 Å². The Balaban J connectivity index is 1.57. The molecule has 4 rings (SSSR count). The van der Waals surface area contributed by atoms with Crippen LogP contribution in [0.1, 0.15) is 21.9 Å². The molecule has 1 atom stereocenters. The summed E-state index contributed by atoms with van der Waals surface area (Å²) in [5, 5.41) is 16.6. The monoisotopic (exact) mass is 348 g/mol. The van der Waals surface area contributed by atoms with Crippen molar-refractivity contribution in [3.8, 4) is 5.75 Å². The van der Waals surface area contributed by atoms with Crippen LogP contribution in [0.15, 0.2) is 72.2 Å². The van der Waals surface area contributed by atoms with E-state index >= 15 is 0 Å². The maximum absolute atomic E-state index is 9.61. The smallest absolute Gasteiger partial charge is 0.115 e. The van der Waals surface area contributed by atoms with Gasteiger partial charge in [0, 0.05) is 41.0 Å². The fraction of sp³-hybridized carbons (Fsp3) is 0.143. The third-order valence-corrected chi connectivity index (χ3v) is 5.46. The third kappa shape index (κ3) is 3.45. The van der Waals surface area contributed by atoms with Gasteiger partial charge in [0.1, 0.15) is 5.75 Å². The minimum Gasteiger partial charge on any atom is -0.508 e. The van der Waals surface area contributed by atoms with Crippen LogP contribution in [-0.2, 0) is 6.54 Å². The van der Waals surface area contributed by atoms with E-state index < -0.39 is 0 Å². The Morgan fingerprint density at radius 2 is 1.96 bits per heavy atom. The molecule has 0 fully saturated rings. The summed E-state index contributed by atoms with van der Waals surface area (Å²) in [5.74, 6) is 0.610. The SMILES string of the molecule is Oc1cccc(CNC[C@H](c2cccs2)c2c[nH]c3ccccc23)c1. The lowest BCUT2D eigenvalue weighted by Crippen LogP contribution is -2.21. The third-order valence-electron chi connectivity index (χ3n) is 4.47. The predicted octanol–water partition coefficient (Wildman–Crippen LogP) is 4.86. The Bertz CT molecular complexity index is 959. The van der Waals surface area contributed by atoms with Crippen LogP contribution in [-0.4, -0.2) is 16.6 Å². The maximum Gasteiger partial charge on any atom is 0.115 e. The van der Waals surface area contributed by atoms with E-state index in [4.69, 9.17) is 0 Å². The number of benzene rings is 2. The first-order chi connectivity index (χ1) is 12.3. The second-order valence-electron chi connectivity index (χ2n) is 6.16. The number of thiophene rings is 1. The van der Waals surface area contributed by atoms with Crippen LogP contribution in [0.25, 0.3) is 10.9 Å². The lowest BCUT2D eigenvalue weighted by Gasteiger charge is -2.16. The van der Waals surface area contributed by atoms with Crippen LogP contribution >= 0.6 is 11.3 Å². The number of para-hydroxylation sites is 1. The molecule has 4 heteroatoms. The Labute approximate surface area is 151 Å². The standard InChI is InChI=1S/C21H20N2OS/c24-16-6-3-5-15(11-16)12-22-13-19(21-9-4-10-25-21)18-14-23-20-8-2-1-7-17(18)20/h1-11,14,19,22-24H,12-13H2/t19-/m0/s1. The van der Waals surface area contributed by atoms with Gasteiger partial charge in [-0.15, -0.1) is 11.3 Å². The van der Waals surface area contributed by atoms with E-state index in [1.54, 1.807) is 23.5 Å². The lowest BCUT2D eigenvalue weighted by molar-refractivity contribution is 0.474. The summed E-state index contributed by atoms with van der Waals surface area (Å²) in [6.07, 6.45) is 2.13. The molecule has 0 radical (unpaired) electrons. The Kier molecular flexibility index (Phi) is 4.55. The number of aromatic hydroxyl groups is 1. The highest BCUT2D eigenvalue weighted by Crippen LogP contribution is 2.32. The zero-order valence-electron chi connectivity index (χ0n) is 13.8. The fourth-order valence-corrected chi connectivity index (χ4v) is 4.11. The molecule has 3 N–H and O–H groups in total. The number of phenols is 1. The molecule has 0 spiro atoms. The fourth-order valence-electron chi connectivity index (χ4n) is 3.26. The van der Waals surface area contributed by atoms with Crippen molar-refractivity contribution in [2.75, 3.05) is 6.54 Å². The molecule has 3 nitrogen and oxygen atoms in total. The molecule has 0 aliphatic rings. The highest BCUT2D eigenvalue weighted by molar-refractivity contribution is 7.10. The molecule has 4 aromatic rings. The Morgan fingerprint density at radius 1 is 1.04 bits per heavy atom. The van der Waals surface area contributed by atoms with E-state index in [0.29, 0.717) is 11.7 Å². The van der Waals surface area contributed by atoms with Crippen LogP contribution in [0.5, 0.6) is 5.75 Å². The highest BCUT2D eigenvalue weighted by atomic mass is 32.1. The van der Waals surface area contributed by atoms with Gasteiger partial charge in [-0.1, -0.05) is 36.4 Å². The normalized spacial score (nSPS) is 12.5. The first-order valence-electron chi connectivity index (χ1n) is 8.39. The average Bonchev–Trinajstić information content (AvgIpc) is 3.29. The quantitative estimate of drug-likeness (QED) is 0.466. The topological polar surface area (TPSA) is 48.0 Å². The number of fused-ring (bicyclic) bond motifs is 1. The number of hydrogen-bond acceptors (Lipinski definition) is 3. The molecule has 0 aliphatic carbocycles. The van der Waals surface area contributed by atoms with E-state index in [1.165, 1.54) is 21.3 Å². The number of aromatic amines is 1. The molecule has 0 saturated carbocycles. The van der Waals surface area contributed by atoms with Gasteiger partial charge in [0.25, 0.3) is 0 Å². The van der Waals surface area contributed by atoms with Crippen molar-refractivity contribution < 1.29 is 5.11 Å². The second-order valence-corrected chi connectivity index (χ2v) is 7.14. The molecule has 0 aliphatic heterocycles. The summed E-state index contributed by atoms with van der Waals surface area (Å²) in [7, 11) is 0. The average molecular weight is 348 g/mol. The summed E-state index contributed by atoms with van der Waals surface area (Å²) >= 11 is 1.79. The zero-order valence-corrected chi connectivity index (χ0v) is 14.6. The van der Waals surface area contributed by atoms with Crippen LogP contribution in [0.3, 0.4) is 0 Å². The molecule has 0 unspecified atom stereocenters. The van der Waals surface area contributed by atoms with E-state index in [1.807, 2.05) is 12.1 Å². The largest absolute Gasteiger partial charge is 0.508 e. The van der Waals surface area contributed by atoms with Gasteiger partial charge in [0.2, 0.25) is 0 Å².